The van der Waals surface area contributed by atoms with Crippen molar-refractivity contribution in [1.29, 1.82) is 0 Å². The number of rotatable bonds is 7. The number of benzene rings is 2. The van der Waals surface area contributed by atoms with Crippen LogP contribution >= 0.6 is 0 Å². The first-order chi connectivity index (χ1) is 19.2. The van der Waals surface area contributed by atoms with E-state index in [9.17, 15) is 18.0 Å². The third kappa shape index (κ3) is 5.34. The summed E-state index contributed by atoms with van der Waals surface area (Å²) in [5.74, 6) is -0.225. The normalized spacial score (nSPS) is 12.3. The number of nitrogens with zero attached hydrogens (tertiary/aromatic N) is 4. The van der Waals surface area contributed by atoms with Crippen molar-refractivity contribution in [2.75, 3.05) is 7.11 Å². The van der Waals surface area contributed by atoms with Crippen molar-refractivity contribution in [3.8, 4) is 28.5 Å². The Morgan fingerprint density at radius 2 is 1.85 bits per heavy atom. The molecule has 5 aromatic rings. The number of nitrogens with two attached hydrogens (primary N) is 1. The van der Waals surface area contributed by atoms with Gasteiger partial charge in [-0.05, 0) is 36.8 Å². The van der Waals surface area contributed by atoms with Crippen LogP contribution in [0.3, 0.4) is 0 Å². The molecule has 3 heterocycles. The zero-order valence-corrected chi connectivity index (χ0v) is 21.4. The second kappa shape index (κ2) is 10.7. The van der Waals surface area contributed by atoms with Crippen molar-refractivity contribution in [3.63, 3.8) is 0 Å². The molecule has 0 aliphatic heterocycles. The number of fused-ring (bicyclic) bond motifs is 1. The minimum absolute atomic E-state index is 0.0139. The maximum absolute atomic E-state index is 13.3. The molecular formula is C28H23F3N6O3. The number of hydrogen-bond donors (Lipinski definition) is 2. The Labute approximate surface area is 226 Å². The van der Waals surface area contributed by atoms with E-state index in [4.69, 9.17) is 14.9 Å². The summed E-state index contributed by atoms with van der Waals surface area (Å²) in [7, 11) is 1.33. The number of oxazole rings is 1. The van der Waals surface area contributed by atoms with Crippen LogP contribution in [0.2, 0.25) is 0 Å². The molecule has 9 nitrogen and oxygen atoms in total. The van der Waals surface area contributed by atoms with E-state index in [0.29, 0.717) is 10.9 Å². The van der Waals surface area contributed by atoms with Crippen LogP contribution in [0.1, 0.15) is 40.5 Å². The first-order valence-corrected chi connectivity index (χ1v) is 12.1. The predicted molar refractivity (Wildman–Crippen MR) is 140 cm³/mol. The van der Waals surface area contributed by atoms with Gasteiger partial charge in [0.15, 0.2) is 11.5 Å². The van der Waals surface area contributed by atoms with Crippen LogP contribution in [0.25, 0.3) is 33.6 Å². The van der Waals surface area contributed by atoms with Gasteiger partial charge >= 0.3 is 6.18 Å². The fourth-order valence-corrected chi connectivity index (χ4v) is 4.13. The summed E-state index contributed by atoms with van der Waals surface area (Å²) in [5, 5.41) is 3.12. The van der Waals surface area contributed by atoms with Gasteiger partial charge in [-0.1, -0.05) is 24.3 Å². The van der Waals surface area contributed by atoms with Crippen LogP contribution in [0.4, 0.5) is 13.2 Å². The van der Waals surface area contributed by atoms with Crippen molar-refractivity contribution in [3.05, 3.63) is 89.8 Å². The standard InChI is InChI=1S/C28H23F3N6O3/c1-15(32)25-24(26(38)35-13-16-3-5-17(6-4-16)20-14-33-11-12-34-20)37-27(40-25)19-7-9-21(39-2)23-18(19)8-10-22(36-23)28(29,30)31/h3-12,14-15H,13,32H2,1-2H3,(H,35,38)/t15-/m0/s1. The van der Waals surface area contributed by atoms with E-state index in [2.05, 4.69) is 25.3 Å². The van der Waals surface area contributed by atoms with Gasteiger partial charge in [0.2, 0.25) is 5.89 Å². The van der Waals surface area contributed by atoms with Crippen molar-refractivity contribution in [1.82, 2.24) is 25.3 Å². The highest BCUT2D eigenvalue weighted by Gasteiger charge is 2.33. The molecule has 204 valence electrons. The van der Waals surface area contributed by atoms with E-state index >= 15 is 0 Å². The molecule has 0 saturated carbocycles. The third-order valence-electron chi connectivity index (χ3n) is 6.11. The number of alkyl halides is 3. The molecule has 1 atom stereocenters. The Morgan fingerprint density at radius 3 is 2.50 bits per heavy atom. The maximum Gasteiger partial charge on any atom is 0.433 e. The molecular weight excluding hydrogens is 525 g/mol. The van der Waals surface area contributed by atoms with Crippen LogP contribution in [0, 0.1) is 0 Å². The molecule has 3 N–H and O–H groups in total. The summed E-state index contributed by atoms with van der Waals surface area (Å²) in [6.07, 6.45) is 0.223. The number of hydrogen-bond acceptors (Lipinski definition) is 8. The average Bonchev–Trinajstić information content (AvgIpc) is 3.41. The molecule has 40 heavy (non-hydrogen) atoms. The number of aromatic nitrogens is 4. The van der Waals surface area contributed by atoms with Gasteiger partial charge in [-0.15, -0.1) is 0 Å². The summed E-state index contributed by atoms with van der Waals surface area (Å²) in [5.41, 5.74) is 7.73. The van der Waals surface area contributed by atoms with Crippen molar-refractivity contribution in [2.24, 2.45) is 5.73 Å². The van der Waals surface area contributed by atoms with E-state index in [0.717, 1.165) is 22.9 Å². The molecule has 0 spiro atoms. The lowest BCUT2D eigenvalue weighted by molar-refractivity contribution is -0.140. The van der Waals surface area contributed by atoms with E-state index in [1.54, 1.807) is 31.6 Å². The second-order valence-electron chi connectivity index (χ2n) is 8.90. The Hall–Kier alpha value is -4.84. The topological polar surface area (TPSA) is 129 Å². The van der Waals surface area contributed by atoms with Crippen LogP contribution in [-0.2, 0) is 12.7 Å². The molecule has 0 radical (unpaired) electrons. The summed E-state index contributed by atoms with van der Waals surface area (Å²) in [6.45, 7) is 1.84. The first-order valence-electron chi connectivity index (χ1n) is 12.1. The Bertz CT molecular complexity index is 1670. The molecule has 1 amide bonds. The lowest BCUT2D eigenvalue weighted by Gasteiger charge is -2.11. The molecule has 2 aromatic carbocycles. The van der Waals surface area contributed by atoms with Crippen molar-refractivity contribution >= 4 is 16.8 Å². The van der Waals surface area contributed by atoms with Crippen LogP contribution < -0.4 is 15.8 Å². The summed E-state index contributed by atoms with van der Waals surface area (Å²) < 4.78 is 51.0. The first kappa shape index (κ1) is 26.8. The Kier molecular flexibility index (Phi) is 7.18. The van der Waals surface area contributed by atoms with Gasteiger partial charge in [-0.3, -0.25) is 14.8 Å². The van der Waals surface area contributed by atoms with E-state index in [1.165, 1.54) is 19.2 Å². The van der Waals surface area contributed by atoms with Gasteiger partial charge in [0.25, 0.3) is 5.91 Å². The maximum atomic E-state index is 13.3. The SMILES string of the molecule is COc1ccc(-c2nc(C(=O)NCc3ccc(-c4cnccn4)cc3)c([C@H](C)N)o2)c2ccc(C(F)(F)F)nc12. The number of halogens is 3. The predicted octanol–water partition coefficient (Wildman–Crippen LogP) is 5.32. The fourth-order valence-electron chi connectivity index (χ4n) is 4.13. The highest BCUT2D eigenvalue weighted by molar-refractivity contribution is 5.98. The zero-order valence-electron chi connectivity index (χ0n) is 21.4. The molecule has 0 aliphatic rings. The monoisotopic (exact) mass is 548 g/mol. The highest BCUT2D eigenvalue weighted by Crippen LogP contribution is 2.37. The summed E-state index contributed by atoms with van der Waals surface area (Å²) >= 11 is 0. The van der Waals surface area contributed by atoms with Crippen LogP contribution in [0.15, 0.2) is 71.5 Å². The van der Waals surface area contributed by atoms with Gasteiger partial charge in [0.1, 0.15) is 17.0 Å². The van der Waals surface area contributed by atoms with Gasteiger partial charge in [0, 0.05) is 35.5 Å². The largest absolute Gasteiger partial charge is 0.494 e. The number of pyridine rings is 1. The van der Waals surface area contributed by atoms with Crippen molar-refractivity contribution < 1.29 is 27.1 Å². The smallest absolute Gasteiger partial charge is 0.433 e. The number of carbonyl (C=O) groups excluding carboxylic acids is 1. The van der Waals surface area contributed by atoms with Crippen LogP contribution in [0.5, 0.6) is 5.75 Å². The van der Waals surface area contributed by atoms with Gasteiger partial charge in [-0.2, -0.15) is 13.2 Å². The minimum atomic E-state index is -4.64. The van der Waals surface area contributed by atoms with E-state index < -0.39 is 23.8 Å². The van der Waals surface area contributed by atoms with Gasteiger partial charge < -0.3 is 20.2 Å². The lowest BCUT2D eigenvalue weighted by Crippen LogP contribution is -2.25. The van der Waals surface area contributed by atoms with Crippen molar-refractivity contribution in [2.45, 2.75) is 25.7 Å². The summed E-state index contributed by atoms with van der Waals surface area (Å²) in [4.78, 5) is 29.6. The highest BCUT2D eigenvalue weighted by atomic mass is 19.4. The number of nitrogens with one attached hydrogen (secondary N) is 1. The lowest BCUT2D eigenvalue weighted by atomic mass is 10.1. The second-order valence-corrected chi connectivity index (χ2v) is 8.90. The molecule has 3 aromatic heterocycles. The van der Waals surface area contributed by atoms with Gasteiger partial charge in [0.05, 0.1) is 25.0 Å². The minimum Gasteiger partial charge on any atom is -0.494 e. The molecule has 0 saturated heterocycles. The van der Waals surface area contributed by atoms with E-state index in [1.807, 2.05) is 24.3 Å². The molecule has 0 fully saturated rings. The molecule has 5 rings (SSSR count). The number of ether oxygens (including phenoxy) is 1. The zero-order chi connectivity index (χ0) is 28.4. The average molecular weight is 549 g/mol. The Balaban J connectivity index is 1.43. The quantitative estimate of drug-likeness (QED) is 0.280. The molecule has 12 heteroatoms. The Morgan fingerprint density at radius 1 is 1.07 bits per heavy atom. The number of methoxy groups -OCH3 is 1. The van der Waals surface area contributed by atoms with Gasteiger partial charge in [-0.25, -0.2) is 9.97 Å². The van der Waals surface area contributed by atoms with Crippen LogP contribution in [-0.4, -0.2) is 33.0 Å². The fraction of sp³-hybridized carbons (Fsp3) is 0.179. The third-order valence-corrected chi connectivity index (χ3v) is 6.11. The molecule has 0 bridgehead atoms. The summed E-state index contributed by atoms with van der Waals surface area (Å²) in [6, 6.07) is 12.0. The number of carbonyl (C=O) groups is 1. The van der Waals surface area contributed by atoms with E-state index in [-0.39, 0.29) is 35.2 Å². The molecule has 0 aliphatic carbocycles. The number of amides is 1. The molecule has 0 unspecified atom stereocenters.